The summed E-state index contributed by atoms with van der Waals surface area (Å²) in [6.07, 6.45) is -5.29. The van der Waals surface area contributed by atoms with Crippen LogP contribution in [0, 0.1) is 17.8 Å². The standard InChI is InChI=1S/C73H119N17O25S2/c1-33(2)25-46(82-67(108)50(29-55(97)98)84-69(110)52(32-117)86-61(102)43(75)30-91)63(104)76-36(7)59(100)81-47(26-34(3)4)65(106)83-48(27-35(5)6)64(105)79-44(21-22-54(95)96)62(103)88-56(39(10)92)71(112)85-49(28-41-17-19-42(94)20-18-41)66(107)87-51(31-116)68(109)77-38(9)60(101)89-57(40(11)93)72(113)90-24-14-16-53(90)70(111)78-37(8)58(99)80-45(73(114)115)15-12-13-23-74/h17-20,33-40,43-53,56-57,91-94,116-117H,12-16,21-32,74-75H2,1-11H3,(H,76,104)(H,77,109)(H,78,111)(H,79,105)(H,80,99)(H,81,100)(H,82,108)(H,83,106)(H,84,110)(H,85,112)(H,86,102)(H,87,107)(H,88,103)(H,89,101)(H,95,96)(H,97,98)(H,114,115)/t36-,37-,38-,39+,40+,43-,44-,45-,46-,47-,48-,49-,50-,51-,52-,53-,56-,57-/m0/s1. The molecule has 0 unspecified atom stereocenters. The van der Waals surface area contributed by atoms with E-state index in [1.807, 2.05) is 0 Å². The Kier molecular flexibility index (Phi) is 45.1. The Morgan fingerprint density at radius 3 is 1.28 bits per heavy atom. The van der Waals surface area contributed by atoms with Gasteiger partial charge in [-0.15, -0.1) is 0 Å². The number of rotatable bonds is 52. The quantitative estimate of drug-likeness (QED) is 0.0213. The zero-order valence-corrected chi connectivity index (χ0v) is 69.2. The van der Waals surface area contributed by atoms with Gasteiger partial charge in [0, 0.05) is 30.9 Å². The van der Waals surface area contributed by atoms with Crippen molar-refractivity contribution >= 4 is 132 Å². The highest BCUT2D eigenvalue weighted by Gasteiger charge is 2.43. The number of hydrogen-bond donors (Lipinski definition) is 25. The van der Waals surface area contributed by atoms with Gasteiger partial charge >= 0.3 is 17.9 Å². The van der Waals surface area contributed by atoms with E-state index in [1.165, 1.54) is 52.0 Å². The maximum Gasteiger partial charge on any atom is 0.326 e. The number of aliphatic hydroxyl groups is 3. The van der Waals surface area contributed by atoms with Crippen LogP contribution < -0.4 is 85.9 Å². The number of aliphatic hydroxyl groups excluding tert-OH is 3. The van der Waals surface area contributed by atoms with Crippen molar-refractivity contribution in [3.8, 4) is 5.75 Å². The Labute approximate surface area is 688 Å². The van der Waals surface area contributed by atoms with Gasteiger partial charge in [-0.3, -0.25) is 81.5 Å². The molecule has 0 spiro atoms. The number of carboxylic acid groups (broad SMARTS) is 3. The molecule has 0 aromatic heterocycles. The van der Waals surface area contributed by atoms with Crippen molar-refractivity contribution in [1.29, 1.82) is 0 Å². The molecule has 1 aromatic rings. The number of aromatic hydroxyl groups is 1. The van der Waals surface area contributed by atoms with Gasteiger partial charge in [0.05, 0.1) is 25.2 Å². The zero-order chi connectivity index (χ0) is 89.0. The van der Waals surface area contributed by atoms with E-state index in [0.717, 1.165) is 11.8 Å². The van der Waals surface area contributed by atoms with Crippen molar-refractivity contribution in [2.45, 2.75) is 262 Å². The molecule has 1 aliphatic heterocycles. The lowest BCUT2D eigenvalue weighted by Gasteiger charge is -2.31. The number of phenols is 1. The average Bonchev–Trinajstić information content (AvgIpc) is 1.72. The molecule has 1 fully saturated rings. The fourth-order valence-corrected chi connectivity index (χ4v) is 12.3. The van der Waals surface area contributed by atoms with Crippen LogP contribution in [-0.2, 0) is 92.7 Å². The van der Waals surface area contributed by atoms with Crippen molar-refractivity contribution < 1.29 is 122 Å². The summed E-state index contributed by atoms with van der Waals surface area (Å²) in [6.45, 7) is 15.5. The Morgan fingerprint density at radius 2 is 0.829 bits per heavy atom. The minimum atomic E-state index is -2.02. The normalized spacial score (nSPS) is 17.0. The predicted molar refractivity (Wildman–Crippen MR) is 425 cm³/mol. The summed E-state index contributed by atoms with van der Waals surface area (Å²) < 4.78 is 0. The van der Waals surface area contributed by atoms with Crippen LogP contribution in [0.4, 0.5) is 0 Å². The molecule has 0 saturated carbocycles. The first-order valence-corrected chi connectivity index (χ1v) is 39.6. The summed E-state index contributed by atoms with van der Waals surface area (Å²) >= 11 is 8.25. The van der Waals surface area contributed by atoms with Gasteiger partial charge in [-0.05, 0) is 134 Å². The number of amides is 15. The molecule has 0 radical (unpaired) electrons. The van der Waals surface area contributed by atoms with E-state index in [2.05, 4.69) is 99.7 Å². The van der Waals surface area contributed by atoms with E-state index in [0.29, 0.717) is 19.4 Å². The third-order valence-electron chi connectivity index (χ3n) is 18.3. The van der Waals surface area contributed by atoms with Crippen LogP contribution in [0.2, 0.25) is 0 Å². The van der Waals surface area contributed by atoms with Crippen molar-refractivity contribution in [3.63, 3.8) is 0 Å². The third kappa shape index (κ3) is 36.2. The lowest BCUT2D eigenvalue weighted by Crippen LogP contribution is -2.62. The van der Waals surface area contributed by atoms with E-state index in [-0.39, 0.29) is 74.0 Å². The van der Waals surface area contributed by atoms with Gasteiger partial charge in [0.1, 0.15) is 102 Å². The smallest absolute Gasteiger partial charge is 0.326 e. The molecule has 1 aromatic carbocycles. The second-order valence-electron chi connectivity index (χ2n) is 30.0. The number of carboxylic acids is 3. The van der Waals surface area contributed by atoms with Crippen molar-refractivity contribution in [1.82, 2.24) is 79.3 Å². The zero-order valence-electron chi connectivity index (χ0n) is 67.4. The molecular formula is C73H119N17O25S2. The number of carbonyl (C=O) groups is 18. The minimum absolute atomic E-state index is 0.0234. The Balaban J connectivity index is 2.39. The summed E-state index contributed by atoms with van der Waals surface area (Å²) in [5.41, 5.74) is 11.3. The van der Waals surface area contributed by atoms with Crippen molar-refractivity contribution in [3.05, 3.63) is 29.8 Å². The molecule has 42 nitrogen and oxygen atoms in total. The number of phenolic OH excluding ortho intramolecular Hbond substituents is 1. The lowest BCUT2D eigenvalue weighted by molar-refractivity contribution is -0.145. The highest BCUT2D eigenvalue weighted by atomic mass is 32.1. The number of hydrogen-bond acceptors (Lipinski definition) is 26. The van der Waals surface area contributed by atoms with Gasteiger partial charge in [0.2, 0.25) is 88.6 Å². The number of nitrogens with two attached hydrogens (primary N) is 2. The van der Waals surface area contributed by atoms with Crippen LogP contribution in [0.15, 0.2) is 24.3 Å². The van der Waals surface area contributed by atoms with Gasteiger partial charge in [0.15, 0.2) is 0 Å². The molecule has 0 bridgehead atoms. The van der Waals surface area contributed by atoms with Crippen LogP contribution in [0.3, 0.4) is 0 Å². The highest BCUT2D eigenvalue weighted by Crippen LogP contribution is 2.21. The molecule has 0 aliphatic carbocycles. The molecule has 1 heterocycles. The summed E-state index contributed by atoms with van der Waals surface area (Å²) in [6, 6.07) is -19.6. The van der Waals surface area contributed by atoms with Crippen molar-refractivity contribution in [2.24, 2.45) is 29.2 Å². The van der Waals surface area contributed by atoms with Gasteiger partial charge in [-0.25, -0.2) is 4.79 Å². The molecule has 2 rings (SSSR count). The Hall–Kier alpha value is -10.0. The Morgan fingerprint density at radius 1 is 0.444 bits per heavy atom. The first-order valence-electron chi connectivity index (χ1n) is 38.3. The molecule has 1 aliphatic rings. The molecule has 1 saturated heterocycles. The van der Waals surface area contributed by atoms with E-state index < -0.39 is 259 Å². The number of unbranched alkanes of at least 4 members (excludes halogenated alkanes) is 1. The number of aliphatic carboxylic acids is 3. The fourth-order valence-electron chi connectivity index (χ4n) is 11.8. The van der Waals surface area contributed by atoms with E-state index in [4.69, 9.17) is 11.5 Å². The van der Waals surface area contributed by atoms with E-state index >= 15 is 0 Å². The van der Waals surface area contributed by atoms with Crippen LogP contribution in [0.5, 0.6) is 5.75 Å². The molecule has 15 amide bonds. The average molecular weight is 1700 g/mol. The lowest BCUT2D eigenvalue weighted by atomic mass is 9.99. The number of likely N-dealkylation sites (tertiary alicyclic amines) is 1. The first kappa shape index (κ1) is 103. The first-order chi connectivity index (χ1) is 54.7. The number of thiol groups is 2. The van der Waals surface area contributed by atoms with Crippen LogP contribution >= 0.6 is 25.3 Å². The van der Waals surface area contributed by atoms with E-state index in [9.17, 15) is 122 Å². The number of nitrogens with zero attached hydrogens (tertiary/aromatic N) is 1. The predicted octanol–water partition coefficient (Wildman–Crippen LogP) is -6.60. The third-order valence-corrected chi connectivity index (χ3v) is 19.0. The summed E-state index contributed by atoms with van der Waals surface area (Å²) in [4.78, 5) is 244. The minimum Gasteiger partial charge on any atom is -0.508 e. The van der Waals surface area contributed by atoms with Crippen molar-refractivity contribution in [2.75, 3.05) is 31.2 Å². The number of benzene rings is 1. The molecule has 44 heteroatoms. The van der Waals surface area contributed by atoms with Gasteiger partial charge in [0.25, 0.3) is 0 Å². The van der Waals surface area contributed by atoms with Gasteiger partial charge < -0.3 is 127 Å². The molecule has 117 heavy (non-hydrogen) atoms. The Bertz CT molecular complexity index is 3600. The molecule has 18 atom stereocenters. The maximum atomic E-state index is 14.4. The summed E-state index contributed by atoms with van der Waals surface area (Å²) in [5.74, 6) is -21.8. The number of nitrogens with one attached hydrogen (secondary N) is 14. The van der Waals surface area contributed by atoms with Gasteiger partial charge in [-0.1, -0.05) is 53.7 Å². The number of carbonyl (C=O) groups excluding carboxylic acids is 15. The monoisotopic (exact) mass is 1700 g/mol. The topological polar surface area (TPSA) is 673 Å². The second-order valence-corrected chi connectivity index (χ2v) is 30.7. The van der Waals surface area contributed by atoms with Crippen LogP contribution in [0.1, 0.15) is 152 Å². The summed E-state index contributed by atoms with van der Waals surface area (Å²) in [5, 5.41) is 104. The summed E-state index contributed by atoms with van der Waals surface area (Å²) in [7, 11) is 0. The largest absolute Gasteiger partial charge is 0.508 e. The molecule has 25 N–H and O–H groups in total. The van der Waals surface area contributed by atoms with Crippen LogP contribution in [0.25, 0.3) is 0 Å². The van der Waals surface area contributed by atoms with Crippen LogP contribution in [-0.4, -0.2) is 287 Å². The highest BCUT2D eigenvalue weighted by molar-refractivity contribution is 7.80. The second kappa shape index (κ2) is 51.2. The molecule has 658 valence electrons. The van der Waals surface area contributed by atoms with Gasteiger partial charge in [-0.2, -0.15) is 25.3 Å². The SMILES string of the molecule is CC(C)C[C@H](NC(=O)[C@H](C)NC(=O)[C@H](CC(C)C)NC(=O)[C@H](CC(=O)O)NC(=O)[C@H](CS)NC(=O)[C@@H](N)CO)C(=O)N[C@@H](CC(C)C)C(=O)N[C@@H](CCC(=O)O)C(=O)N[C@H](C(=O)N[C@@H](Cc1ccc(O)cc1)C(=O)N[C@@H](CS)C(=O)N[C@@H](C)C(=O)N[C@H](C(=O)N1CCC[C@H]1C(=O)N[C@@H](C)C(=O)N[C@@H](CCCCN)C(=O)O)[C@@H](C)O)[C@@H](C)O. The fraction of sp³-hybridized carbons (Fsp3) is 0.671. The maximum absolute atomic E-state index is 14.4. The molecular weight excluding hydrogens is 1580 g/mol. The van der Waals surface area contributed by atoms with E-state index in [1.54, 1.807) is 41.5 Å².